The molecular formula is C9H20N2O. The lowest BCUT2D eigenvalue weighted by molar-refractivity contribution is -0.122. The molecule has 0 spiro atoms. The lowest BCUT2D eigenvalue weighted by atomic mass is 10.1. The summed E-state index contributed by atoms with van der Waals surface area (Å²) in [5, 5.41) is 2.79. The first kappa shape index (κ1) is 11.4. The van der Waals surface area contributed by atoms with E-state index in [4.69, 9.17) is 5.73 Å². The van der Waals surface area contributed by atoms with Crippen LogP contribution in [-0.4, -0.2) is 18.0 Å². The second-order valence-electron chi connectivity index (χ2n) is 4.36. The van der Waals surface area contributed by atoms with E-state index >= 15 is 0 Å². The molecule has 3 nitrogen and oxygen atoms in total. The predicted octanol–water partition coefficient (Wildman–Crippen LogP) is 0.886. The molecule has 0 aromatic rings. The van der Waals surface area contributed by atoms with Gasteiger partial charge < -0.3 is 11.1 Å². The summed E-state index contributed by atoms with van der Waals surface area (Å²) in [5.74, 6) is 0.495. The van der Waals surface area contributed by atoms with Gasteiger partial charge in [0.1, 0.15) is 0 Å². The van der Waals surface area contributed by atoms with Gasteiger partial charge in [0.05, 0.1) is 0 Å². The Morgan fingerprint density at radius 1 is 1.50 bits per heavy atom. The number of rotatable bonds is 4. The molecule has 0 bridgehead atoms. The smallest absolute Gasteiger partial charge is 0.220 e. The van der Waals surface area contributed by atoms with Crippen molar-refractivity contribution in [2.75, 3.05) is 6.54 Å². The van der Waals surface area contributed by atoms with Crippen molar-refractivity contribution in [3.63, 3.8) is 0 Å². The Morgan fingerprint density at radius 3 is 2.33 bits per heavy atom. The molecule has 3 N–H and O–H groups in total. The predicted molar refractivity (Wildman–Crippen MR) is 50.7 cm³/mol. The Hall–Kier alpha value is -0.570. The molecule has 0 rings (SSSR count). The van der Waals surface area contributed by atoms with Gasteiger partial charge in [0, 0.05) is 18.5 Å². The molecule has 1 amide bonds. The maximum absolute atomic E-state index is 11.1. The third-order valence-electron chi connectivity index (χ3n) is 1.33. The van der Waals surface area contributed by atoms with Crippen molar-refractivity contribution in [2.24, 2.45) is 11.7 Å². The van der Waals surface area contributed by atoms with E-state index in [1.165, 1.54) is 0 Å². The quantitative estimate of drug-likeness (QED) is 0.661. The van der Waals surface area contributed by atoms with Crippen LogP contribution in [0, 0.1) is 5.92 Å². The molecule has 0 aliphatic rings. The van der Waals surface area contributed by atoms with Crippen molar-refractivity contribution in [1.82, 2.24) is 5.32 Å². The molecule has 0 heterocycles. The summed E-state index contributed by atoms with van der Waals surface area (Å²) in [6.07, 6.45) is 0.579. The van der Waals surface area contributed by atoms with Crippen molar-refractivity contribution in [2.45, 2.75) is 39.7 Å². The number of carbonyl (C=O) groups is 1. The SMILES string of the molecule is CC(C)CC(=O)NCC(C)(C)N. The number of nitrogens with one attached hydrogen (secondary N) is 1. The van der Waals surface area contributed by atoms with Crippen LogP contribution < -0.4 is 11.1 Å². The number of amides is 1. The summed E-state index contributed by atoms with van der Waals surface area (Å²) < 4.78 is 0. The molecule has 12 heavy (non-hydrogen) atoms. The van der Waals surface area contributed by atoms with Gasteiger partial charge in [0.15, 0.2) is 0 Å². The summed E-state index contributed by atoms with van der Waals surface area (Å²) in [6.45, 7) is 8.37. The van der Waals surface area contributed by atoms with Crippen LogP contribution in [0.5, 0.6) is 0 Å². The molecule has 0 aromatic carbocycles. The maximum atomic E-state index is 11.1. The summed E-state index contributed by atoms with van der Waals surface area (Å²) in [4.78, 5) is 11.1. The van der Waals surface area contributed by atoms with Crippen LogP contribution >= 0.6 is 0 Å². The lowest BCUT2D eigenvalue weighted by Crippen LogP contribution is -2.45. The number of hydrogen-bond donors (Lipinski definition) is 2. The highest BCUT2D eigenvalue weighted by Crippen LogP contribution is 1.99. The highest BCUT2D eigenvalue weighted by Gasteiger charge is 2.12. The maximum Gasteiger partial charge on any atom is 0.220 e. The first-order valence-electron chi connectivity index (χ1n) is 4.37. The van der Waals surface area contributed by atoms with E-state index in [9.17, 15) is 4.79 Å². The monoisotopic (exact) mass is 172 g/mol. The van der Waals surface area contributed by atoms with E-state index in [-0.39, 0.29) is 11.4 Å². The molecule has 72 valence electrons. The Bertz CT molecular complexity index is 147. The van der Waals surface area contributed by atoms with Gasteiger partial charge in [-0.25, -0.2) is 0 Å². The summed E-state index contributed by atoms with van der Waals surface area (Å²) in [7, 11) is 0. The van der Waals surface area contributed by atoms with Crippen molar-refractivity contribution in [1.29, 1.82) is 0 Å². The van der Waals surface area contributed by atoms with Crippen molar-refractivity contribution < 1.29 is 4.79 Å². The topological polar surface area (TPSA) is 55.1 Å². The van der Waals surface area contributed by atoms with Gasteiger partial charge in [0.25, 0.3) is 0 Å². The fourth-order valence-electron chi connectivity index (χ4n) is 0.769. The average Bonchev–Trinajstić information content (AvgIpc) is 1.80. The second-order valence-corrected chi connectivity index (χ2v) is 4.36. The van der Waals surface area contributed by atoms with Crippen molar-refractivity contribution in [3.05, 3.63) is 0 Å². The Kier molecular flexibility index (Phi) is 4.24. The number of hydrogen-bond acceptors (Lipinski definition) is 2. The van der Waals surface area contributed by atoms with Crippen LogP contribution in [0.15, 0.2) is 0 Å². The van der Waals surface area contributed by atoms with Gasteiger partial charge in [-0.2, -0.15) is 0 Å². The average molecular weight is 172 g/mol. The summed E-state index contributed by atoms with van der Waals surface area (Å²) in [5.41, 5.74) is 5.39. The van der Waals surface area contributed by atoms with Gasteiger partial charge in [-0.15, -0.1) is 0 Å². The van der Waals surface area contributed by atoms with E-state index in [1.807, 2.05) is 27.7 Å². The van der Waals surface area contributed by atoms with Crippen LogP contribution in [-0.2, 0) is 4.79 Å². The summed E-state index contributed by atoms with van der Waals surface area (Å²) in [6, 6.07) is 0. The molecule has 0 saturated carbocycles. The number of nitrogens with two attached hydrogens (primary N) is 1. The van der Waals surface area contributed by atoms with E-state index in [0.29, 0.717) is 18.9 Å². The lowest BCUT2D eigenvalue weighted by Gasteiger charge is -2.19. The van der Waals surface area contributed by atoms with Crippen LogP contribution in [0.1, 0.15) is 34.1 Å². The number of carbonyl (C=O) groups excluding carboxylic acids is 1. The largest absolute Gasteiger partial charge is 0.354 e. The third-order valence-corrected chi connectivity index (χ3v) is 1.33. The third kappa shape index (κ3) is 7.54. The fraction of sp³-hybridized carbons (Fsp3) is 0.889. The van der Waals surface area contributed by atoms with Crippen LogP contribution in [0.2, 0.25) is 0 Å². The molecule has 0 aliphatic heterocycles. The second kappa shape index (κ2) is 4.45. The van der Waals surface area contributed by atoms with E-state index < -0.39 is 0 Å². The fourth-order valence-corrected chi connectivity index (χ4v) is 0.769. The molecule has 3 heteroatoms. The Morgan fingerprint density at radius 2 is 2.00 bits per heavy atom. The van der Waals surface area contributed by atoms with Crippen LogP contribution in [0.4, 0.5) is 0 Å². The van der Waals surface area contributed by atoms with Crippen LogP contribution in [0.25, 0.3) is 0 Å². The highest BCUT2D eigenvalue weighted by molar-refractivity contribution is 5.76. The first-order valence-corrected chi connectivity index (χ1v) is 4.37. The van der Waals surface area contributed by atoms with E-state index in [0.717, 1.165) is 0 Å². The van der Waals surface area contributed by atoms with E-state index in [1.54, 1.807) is 0 Å². The minimum absolute atomic E-state index is 0.0866. The van der Waals surface area contributed by atoms with Gasteiger partial charge in [-0.05, 0) is 19.8 Å². The minimum atomic E-state index is -0.313. The van der Waals surface area contributed by atoms with Crippen molar-refractivity contribution >= 4 is 5.91 Å². The molecule has 0 fully saturated rings. The van der Waals surface area contributed by atoms with Gasteiger partial charge >= 0.3 is 0 Å². The molecule has 0 aliphatic carbocycles. The molecular weight excluding hydrogens is 152 g/mol. The zero-order chi connectivity index (χ0) is 9.78. The van der Waals surface area contributed by atoms with E-state index in [2.05, 4.69) is 5.32 Å². The van der Waals surface area contributed by atoms with Crippen LogP contribution in [0.3, 0.4) is 0 Å². The minimum Gasteiger partial charge on any atom is -0.354 e. The molecule has 0 saturated heterocycles. The Balaban J connectivity index is 3.58. The highest BCUT2D eigenvalue weighted by atomic mass is 16.1. The standard InChI is InChI=1S/C9H20N2O/c1-7(2)5-8(12)11-6-9(3,4)10/h7H,5-6,10H2,1-4H3,(H,11,12). The molecule has 0 radical (unpaired) electrons. The molecule has 0 aromatic heterocycles. The Labute approximate surface area is 74.7 Å². The van der Waals surface area contributed by atoms with Gasteiger partial charge in [-0.3, -0.25) is 4.79 Å². The molecule has 0 atom stereocenters. The first-order chi connectivity index (χ1) is 5.31. The zero-order valence-electron chi connectivity index (χ0n) is 8.48. The molecule has 0 unspecified atom stereocenters. The summed E-state index contributed by atoms with van der Waals surface area (Å²) >= 11 is 0. The normalized spacial score (nSPS) is 11.8. The van der Waals surface area contributed by atoms with Gasteiger partial charge in [0.2, 0.25) is 5.91 Å². The zero-order valence-corrected chi connectivity index (χ0v) is 8.48. The van der Waals surface area contributed by atoms with Gasteiger partial charge in [-0.1, -0.05) is 13.8 Å². The van der Waals surface area contributed by atoms with Crippen molar-refractivity contribution in [3.8, 4) is 0 Å².